The van der Waals surface area contributed by atoms with E-state index in [0.717, 1.165) is 70.6 Å². The van der Waals surface area contributed by atoms with Gasteiger partial charge < -0.3 is 45.1 Å². The highest BCUT2D eigenvalue weighted by molar-refractivity contribution is 5.80. The van der Waals surface area contributed by atoms with Gasteiger partial charge in [-0.25, -0.2) is 0 Å². The first-order chi connectivity index (χ1) is 43.7. The van der Waals surface area contributed by atoms with E-state index in [1.807, 2.05) is 6.08 Å². The largest absolute Gasteiger partial charge is 0.454 e. The van der Waals surface area contributed by atoms with Crippen LogP contribution in [0, 0.1) is 0 Å². The Labute approximate surface area is 548 Å². The summed E-state index contributed by atoms with van der Waals surface area (Å²) in [4.78, 5) is 26.7. The van der Waals surface area contributed by atoms with Gasteiger partial charge in [0.2, 0.25) is 5.91 Å². The molecule has 89 heavy (non-hydrogen) atoms. The standard InChI is InChI=1S/C78H143NO10/c1-4-7-10-13-16-19-22-24-26-28-30-32-34-35-36-38-39-41-43-45-47-50-53-56-59-62-65-71(82)77(86)79-69(70(81)64-61-58-55-52-49-21-18-15-12-9-6-3)68-87-78-76(75(85)74(84)72(67-80)88-78)89-73(83)66-63-60-57-54-51-48-46-44-42-40-37-33-31-29-27-25-23-20-17-14-11-8-5-2/h16,19,24-27,30,32,61,64,69-72,74-76,78,80-82,84-85H,4-15,17-18,20-23,28-29,31,33-60,62-63,65-68H2,1-3H3,(H,79,86)/b19-16-,26-24-,27-25+,32-30-,64-61+. The lowest BCUT2D eigenvalue weighted by atomic mass is 9.99. The Hall–Kier alpha value is -2.64. The van der Waals surface area contributed by atoms with Crippen molar-refractivity contribution in [3.8, 4) is 0 Å². The van der Waals surface area contributed by atoms with E-state index in [9.17, 15) is 35.1 Å². The van der Waals surface area contributed by atoms with Crippen molar-refractivity contribution in [1.82, 2.24) is 5.32 Å². The van der Waals surface area contributed by atoms with Crippen LogP contribution in [0.3, 0.4) is 0 Å². The number of aliphatic hydroxyl groups is 5. The Morgan fingerprint density at radius 1 is 0.438 bits per heavy atom. The number of carbonyl (C=O) groups is 2. The molecule has 0 aromatic rings. The third kappa shape index (κ3) is 52.4. The average Bonchev–Trinajstić information content (AvgIpc) is 2.45. The lowest BCUT2D eigenvalue weighted by Crippen LogP contribution is -2.61. The van der Waals surface area contributed by atoms with Crippen LogP contribution in [0.5, 0.6) is 0 Å². The van der Waals surface area contributed by atoms with Gasteiger partial charge in [0.15, 0.2) is 12.4 Å². The zero-order chi connectivity index (χ0) is 64.6. The number of nitrogens with one attached hydrogen (secondary N) is 1. The van der Waals surface area contributed by atoms with Crippen molar-refractivity contribution in [2.75, 3.05) is 13.2 Å². The number of esters is 1. The summed E-state index contributed by atoms with van der Waals surface area (Å²) in [6.07, 6.45) is 74.1. The normalized spacial score (nSPS) is 18.4. The van der Waals surface area contributed by atoms with Gasteiger partial charge in [0.25, 0.3) is 0 Å². The quantitative estimate of drug-likeness (QED) is 0.0195. The lowest BCUT2D eigenvalue weighted by molar-refractivity contribution is -0.305. The molecule has 6 N–H and O–H groups in total. The second kappa shape index (κ2) is 65.4. The van der Waals surface area contributed by atoms with Crippen molar-refractivity contribution in [3.05, 3.63) is 60.8 Å². The predicted molar refractivity (Wildman–Crippen MR) is 375 cm³/mol. The minimum absolute atomic E-state index is 0.125. The van der Waals surface area contributed by atoms with Crippen molar-refractivity contribution >= 4 is 11.9 Å². The molecule has 1 aliphatic rings. The maximum absolute atomic E-state index is 13.5. The van der Waals surface area contributed by atoms with E-state index in [1.165, 1.54) is 244 Å². The summed E-state index contributed by atoms with van der Waals surface area (Å²) in [6, 6.07) is -1.03. The summed E-state index contributed by atoms with van der Waals surface area (Å²) in [5.41, 5.74) is 0. The van der Waals surface area contributed by atoms with Gasteiger partial charge in [0.05, 0.1) is 25.4 Å². The van der Waals surface area contributed by atoms with E-state index in [4.69, 9.17) is 14.2 Å². The van der Waals surface area contributed by atoms with Gasteiger partial charge in [-0.05, 0) is 89.9 Å². The van der Waals surface area contributed by atoms with Crippen molar-refractivity contribution in [2.24, 2.45) is 0 Å². The van der Waals surface area contributed by atoms with Crippen molar-refractivity contribution in [1.29, 1.82) is 0 Å². The van der Waals surface area contributed by atoms with E-state index >= 15 is 0 Å². The molecule has 1 saturated heterocycles. The van der Waals surface area contributed by atoms with Gasteiger partial charge in [-0.2, -0.15) is 0 Å². The summed E-state index contributed by atoms with van der Waals surface area (Å²) in [7, 11) is 0. The SMILES string of the molecule is CCCCC/C=C\C/C=C\C/C=C\CCCCCCCCCCCCCCCC(O)C(=O)NC(COC1OC(CO)C(O)C(O)C1OC(=O)CCCCCCCCCCCCCCC/C=C/CCCCCCCC)C(O)/C=C/CCCCCCCCCCC. The molecule has 11 nitrogen and oxygen atoms in total. The maximum Gasteiger partial charge on any atom is 0.306 e. The molecule has 0 bridgehead atoms. The fourth-order valence-corrected chi connectivity index (χ4v) is 11.9. The summed E-state index contributed by atoms with van der Waals surface area (Å²) in [5, 5.41) is 57.3. The first-order valence-corrected chi connectivity index (χ1v) is 38.1. The first-order valence-electron chi connectivity index (χ1n) is 38.1. The highest BCUT2D eigenvalue weighted by Crippen LogP contribution is 2.26. The van der Waals surface area contributed by atoms with Crippen LogP contribution in [0.15, 0.2) is 60.8 Å². The number of rotatable bonds is 66. The number of amides is 1. The third-order valence-corrected chi connectivity index (χ3v) is 17.9. The van der Waals surface area contributed by atoms with Gasteiger partial charge in [0, 0.05) is 6.42 Å². The molecule has 11 heteroatoms. The number of hydrogen-bond donors (Lipinski definition) is 6. The predicted octanol–water partition coefficient (Wildman–Crippen LogP) is 20.1. The average molecular weight is 1250 g/mol. The third-order valence-electron chi connectivity index (χ3n) is 17.9. The Morgan fingerprint density at radius 3 is 1.19 bits per heavy atom. The second-order valence-corrected chi connectivity index (χ2v) is 26.4. The van der Waals surface area contributed by atoms with Gasteiger partial charge in [0.1, 0.15) is 24.4 Å². The number of aliphatic hydroxyl groups excluding tert-OH is 5. The lowest BCUT2D eigenvalue weighted by Gasteiger charge is -2.41. The van der Waals surface area contributed by atoms with Crippen LogP contribution < -0.4 is 5.32 Å². The minimum atomic E-state index is -1.61. The van der Waals surface area contributed by atoms with Crippen LogP contribution in [0.4, 0.5) is 0 Å². The molecule has 1 aliphatic heterocycles. The molecule has 0 aliphatic carbocycles. The number of hydrogen-bond acceptors (Lipinski definition) is 10. The minimum Gasteiger partial charge on any atom is -0.454 e. The number of ether oxygens (including phenoxy) is 3. The van der Waals surface area contributed by atoms with E-state index in [2.05, 4.69) is 74.7 Å². The van der Waals surface area contributed by atoms with E-state index in [-0.39, 0.29) is 13.0 Å². The molecule has 8 atom stereocenters. The van der Waals surface area contributed by atoms with Gasteiger partial charge in [-0.3, -0.25) is 9.59 Å². The van der Waals surface area contributed by atoms with Crippen LogP contribution in [0.25, 0.3) is 0 Å². The first kappa shape index (κ1) is 84.4. The van der Waals surface area contributed by atoms with Crippen LogP contribution >= 0.6 is 0 Å². The second-order valence-electron chi connectivity index (χ2n) is 26.4. The zero-order valence-corrected chi connectivity index (χ0v) is 58.1. The topological polar surface area (TPSA) is 175 Å². The van der Waals surface area contributed by atoms with E-state index in [1.54, 1.807) is 6.08 Å². The van der Waals surface area contributed by atoms with Crippen LogP contribution in [-0.2, 0) is 23.8 Å². The maximum atomic E-state index is 13.5. The molecule has 0 spiro atoms. The van der Waals surface area contributed by atoms with Crippen molar-refractivity contribution in [3.63, 3.8) is 0 Å². The molecule has 0 aromatic heterocycles. The monoisotopic (exact) mass is 1250 g/mol. The summed E-state index contributed by atoms with van der Waals surface area (Å²) in [5.74, 6) is -1.18. The van der Waals surface area contributed by atoms with Gasteiger partial charge in [-0.15, -0.1) is 0 Å². The molecule has 1 amide bonds. The molecule has 0 saturated carbocycles. The highest BCUT2D eigenvalue weighted by Gasteiger charge is 2.47. The van der Waals surface area contributed by atoms with Gasteiger partial charge in [-0.1, -0.05) is 326 Å². The van der Waals surface area contributed by atoms with Crippen molar-refractivity contribution < 1.29 is 49.3 Å². The molecular weight excluding hydrogens is 1110 g/mol. The summed E-state index contributed by atoms with van der Waals surface area (Å²) >= 11 is 0. The molecule has 1 rings (SSSR count). The Kier molecular flexibility index (Phi) is 62.0. The van der Waals surface area contributed by atoms with Crippen LogP contribution in [0.2, 0.25) is 0 Å². The van der Waals surface area contributed by atoms with Crippen LogP contribution in [-0.4, -0.2) is 99.6 Å². The smallest absolute Gasteiger partial charge is 0.306 e. The Morgan fingerprint density at radius 2 is 0.775 bits per heavy atom. The number of unbranched alkanes of at least 4 members (excludes halogenated alkanes) is 44. The Bertz CT molecular complexity index is 1680. The molecule has 1 fully saturated rings. The van der Waals surface area contributed by atoms with E-state index in [0.29, 0.717) is 19.3 Å². The molecular formula is C78H143NO10. The van der Waals surface area contributed by atoms with Gasteiger partial charge >= 0.3 is 5.97 Å². The number of allylic oxidation sites excluding steroid dienone is 9. The van der Waals surface area contributed by atoms with E-state index < -0.39 is 67.4 Å². The number of carbonyl (C=O) groups excluding carboxylic acids is 2. The molecule has 8 unspecified atom stereocenters. The molecule has 0 aromatic carbocycles. The Balaban J connectivity index is 2.50. The zero-order valence-electron chi connectivity index (χ0n) is 58.1. The van der Waals surface area contributed by atoms with Crippen LogP contribution in [0.1, 0.15) is 361 Å². The highest BCUT2D eigenvalue weighted by atomic mass is 16.7. The molecule has 0 radical (unpaired) electrons. The fourth-order valence-electron chi connectivity index (χ4n) is 11.9. The summed E-state index contributed by atoms with van der Waals surface area (Å²) in [6.45, 7) is 5.80. The van der Waals surface area contributed by atoms with Crippen molar-refractivity contribution in [2.45, 2.75) is 410 Å². The molecule has 1 heterocycles. The summed E-state index contributed by atoms with van der Waals surface area (Å²) < 4.78 is 17.7. The fraction of sp³-hybridized carbons (Fsp3) is 0.846. The molecule has 520 valence electrons.